The van der Waals surface area contributed by atoms with Gasteiger partial charge in [0.25, 0.3) is 5.91 Å². The van der Waals surface area contributed by atoms with Crippen molar-refractivity contribution in [3.63, 3.8) is 0 Å². The van der Waals surface area contributed by atoms with E-state index in [1.807, 2.05) is 0 Å². The Hall–Kier alpha value is -1.47. The number of carbonyl (C=O) groups excluding carboxylic acids is 2. The van der Waals surface area contributed by atoms with Gasteiger partial charge in [-0.25, -0.2) is 4.79 Å². The molecule has 0 saturated heterocycles. The van der Waals surface area contributed by atoms with Crippen molar-refractivity contribution < 1.29 is 27.5 Å². The second-order valence-corrected chi connectivity index (χ2v) is 2.42. The monoisotopic (exact) mass is 213 g/mol. The Kier molecular flexibility index (Phi) is 4.19. The number of hydrogen-bond acceptors (Lipinski definition) is 3. The maximum Gasteiger partial charge on any atom is 0.422 e. The van der Waals surface area contributed by atoms with Gasteiger partial charge in [-0.1, -0.05) is 0 Å². The van der Waals surface area contributed by atoms with Gasteiger partial charge in [-0.3, -0.25) is 10.5 Å². The first kappa shape index (κ1) is 12.5. The maximum absolute atomic E-state index is 11.5. The molecule has 0 aromatic carbocycles. The molecule has 0 aliphatic rings. The zero-order chi connectivity index (χ0) is 11.4. The molecule has 0 heterocycles. The van der Waals surface area contributed by atoms with Gasteiger partial charge in [0.15, 0.2) is 6.61 Å². The van der Waals surface area contributed by atoms with E-state index >= 15 is 0 Å². The summed E-state index contributed by atoms with van der Waals surface area (Å²) in [5, 5.41) is 1.75. The highest BCUT2D eigenvalue weighted by atomic mass is 19.4. The molecule has 0 aromatic heterocycles. The first-order valence-corrected chi connectivity index (χ1v) is 3.48. The van der Waals surface area contributed by atoms with Crippen LogP contribution in [0.25, 0.3) is 0 Å². The largest absolute Gasteiger partial charge is 0.440 e. The molecule has 0 aliphatic heterocycles. The first-order chi connectivity index (χ1) is 6.22. The van der Waals surface area contributed by atoms with Crippen LogP contribution < -0.4 is 11.1 Å². The molecule has 0 spiro atoms. The number of alkyl halides is 3. The van der Waals surface area contributed by atoms with Crippen LogP contribution in [0, 0.1) is 0 Å². The zero-order valence-electron chi connectivity index (χ0n) is 7.14. The average Bonchev–Trinajstić information content (AvgIpc) is 1.99. The molecule has 0 bridgehead atoms. The van der Waals surface area contributed by atoms with Gasteiger partial charge in [-0.05, 0) is 6.92 Å². The summed E-state index contributed by atoms with van der Waals surface area (Å²) in [5.41, 5.74) is 6.50. The second kappa shape index (κ2) is 4.68. The van der Waals surface area contributed by atoms with Gasteiger partial charge in [-0.15, -0.1) is 0 Å². The van der Waals surface area contributed by atoms with E-state index in [0.29, 0.717) is 0 Å². The Balaban J connectivity index is 3.83. The van der Waals surface area contributed by atoms with Gasteiger partial charge in [0, 0.05) is 0 Å². The van der Waals surface area contributed by atoms with Crippen LogP contribution >= 0.6 is 0 Å². The van der Waals surface area contributed by atoms with Crippen molar-refractivity contribution in [2.24, 2.45) is 0 Å². The van der Waals surface area contributed by atoms with Crippen LogP contribution in [0.2, 0.25) is 0 Å². The van der Waals surface area contributed by atoms with E-state index in [0.717, 1.165) is 6.92 Å². The first-order valence-electron chi connectivity index (χ1n) is 3.48. The molecule has 0 aromatic rings. The average molecular weight is 213 g/mol. The normalized spacial score (nSPS) is 13.1. The molecule has 0 rings (SSSR count). The molecule has 5 nitrogen and oxygen atoms in total. The van der Waals surface area contributed by atoms with Crippen LogP contribution in [0.3, 0.4) is 0 Å². The van der Waals surface area contributed by atoms with Crippen molar-refractivity contribution in [3.8, 4) is 0 Å². The molecular weight excluding hydrogens is 205 g/mol. The van der Waals surface area contributed by atoms with Gasteiger partial charge in [0.05, 0.1) is 0 Å². The molecule has 2 N–H and O–H groups in total. The summed E-state index contributed by atoms with van der Waals surface area (Å²) in [6.45, 7) is -0.568. The van der Waals surface area contributed by atoms with Crippen LogP contribution in [0.5, 0.6) is 0 Å². The number of ether oxygens (including phenoxy) is 1. The summed E-state index contributed by atoms with van der Waals surface area (Å²) in [5.74, 6) is -1.12. The Morgan fingerprint density at radius 1 is 1.50 bits per heavy atom. The Morgan fingerprint density at radius 2 is 2.00 bits per heavy atom. The Morgan fingerprint density at radius 3 is 2.36 bits per heavy atom. The van der Waals surface area contributed by atoms with E-state index in [9.17, 15) is 22.8 Å². The summed E-state index contributed by atoms with van der Waals surface area (Å²) < 4.78 is 38.2. The minimum absolute atomic E-state index is 1.12. The van der Waals surface area contributed by atoms with Crippen molar-refractivity contribution in [1.29, 1.82) is 0 Å². The summed E-state index contributed by atoms with van der Waals surface area (Å²) >= 11 is 0. The molecule has 1 radical (unpaired) electrons. The predicted molar refractivity (Wildman–Crippen MR) is 38.1 cm³/mol. The second-order valence-electron chi connectivity index (χ2n) is 2.42. The standard InChI is InChI=1S/C6H8F3N2O3/c1-3(4(10)12)11-5(13)14-2-6(7,8)9/h3,10H,2H2,1H3,(H,11,13). The Labute approximate surface area is 77.4 Å². The SMILES string of the molecule is CC(NC(=O)OCC(F)(F)F)C([NH])=O. The van der Waals surface area contributed by atoms with Crippen molar-refractivity contribution >= 4 is 12.0 Å². The van der Waals surface area contributed by atoms with Gasteiger partial charge in [0.1, 0.15) is 6.04 Å². The fourth-order valence-electron chi connectivity index (χ4n) is 0.431. The van der Waals surface area contributed by atoms with E-state index in [2.05, 4.69) is 4.74 Å². The third kappa shape index (κ3) is 6.09. The molecule has 8 heteroatoms. The number of nitrogens with one attached hydrogen (secondary N) is 2. The molecule has 81 valence electrons. The molecule has 2 amide bonds. The van der Waals surface area contributed by atoms with Crippen LogP contribution in [-0.2, 0) is 9.53 Å². The summed E-state index contributed by atoms with van der Waals surface area (Å²) in [7, 11) is 0. The lowest BCUT2D eigenvalue weighted by atomic mass is 10.3. The molecule has 0 aliphatic carbocycles. The van der Waals surface area contributed by atoms with Gasteiger partial charge in [-0.2, -0.15) is 13.2 Å². The highest BCUT2D eigenvalue weighted by molar-refractivity contribution is 5.83. The quantitative estimate of drug-likeness (QED) is 0.740. The topological polar surface area (TPSA) is 79.2 Å². The van der Waals surface area contributed by atoms with E-state index < -0.39 is 30.8 Å². The van der Waals surface area contributed by atoms with Crippen molar-refractivity contribution in [1.82, 2.24) is 11.1 Å². The highest BCUT2D eigenvalue weighted by Gasteiger charge is 2.30. The van der Waals surface area contributed by atoms with Gasteiger partial charge >= 0.3 is 12.3 Å². The van der Waals surface area contributed by atoms with Gasteiger partial charge in [0.2, 0.25) is 0 Å². The van der Waals surface area contributed by atoms with E-state index in [1.54, 1.807) is 5.32 Å². The number of carbonyl (C=O) groups is 2. The van der Waals surface area contributed by atoms with Crippen molar-refractivity contribution in [2.45, 2.75) is 19.1 Å². The van der Waals surface area contributed by atoms with E-state index in [4.69, 9.17) is 5.73 Å². The fourth-order valence-corrected chi connectivity index (χ4v) is 0.431. The number of hydrogen-bond donors (Lipinski definition) is 1. The number of amides is 2. The van der Waals surface area contributed by atoms with E-state index in [-0.39, 0.29) is 0 Å². The molecule has 0 saturated carbocycles. The summed E-state index contributed by atoms with van der Waals surface area (Å²) in [6.07, 6.45) is -5.98. The smallest absolute Gasteiger partial charge is 0.422 e. The fraction of sp³-hybridized carbons (Fsp3) is 0.667. The Bertz CT molecular complexity index is 229. The molecule has 0 fully saturated rings. The van der Waals surface area contributed by atoms with Crippen LogP contribution in [0.1, 0.15) is 6.92 Å². The zero-order valence-corrected chi connectivity index (χ0v) is 7.14. The van der Waals surface area contributed by atoms with Crippen LogP contribution in [0.15, 0.2) is 0 Å². The van der Waals surface area contributed by atoms with Crippen LogP contribution in [-0.4, -0.2) is 30.8 Å². The molecule has 14 heavy (non-hydrogen) atoms. The molecule has 1 unspecified atom stereocenters. The lowest BCUT2D eigenvalue weighted by Gasteiger charge is -2.11. The number of halogens is 3. The van der Waals surface area contributed by atoms with Crippen LogP contribution in [0.4, 0.5) is 18.0 Å². The molecular formula is C6H8F3N2O3. The number of alkyl carbamates (subject to hydrolysis) is 1. The highest BCUT2D eigenvalue weighted by Crippen LogP contribution is 2.14. The van der Waals surface area contributed by atoms with Crippen molar-refractivity contribution in [3.05, 3.63) is 0 Å². The van der Waals surface area contributed by atoms with E-state index in [1.165, 1.54) is 0 Å². The van der Waals surface area contributed by atoms with Gasteiger partial charge < -0.3 is 10.1 Å². The van der Waals surface area contributed by atoms with Crippen molar-refractivity contribution in [2.75, 3.05) is 6.61 Å². The predicted octanol–water partition coefficient (Wildman–Crippen LogP) is 0.473. The minimum Gasteiger partial charge on any atom is -0.440 e. The third-order valence-electron chi connectivity index (χ3n) is 1.09. The lowest BCUT2D eigenvalue weighted by molar-refractivity contribution is -0.160. The summed E-state index contributed by atoms with van der Waals surface area (Å²) in [4.78, 5) is 20.8. The third-order valence-corrected chi connectivity index (χ3v) is 1.09. The lowest BCUT2D eigenvalue weighted by Crippen LogP contribution is -2.40. The molecule has 1 atom stereocenters. The maximum atomic E-state index is 11.5. The number of rotatable bonds is 3. The summed E-state index contributed by atoms with van der Waals surface area (Å²) in [6, 6.07) is -1.18. The minimum atomic E-state index is -4.61.